The van der Waals surface area contributed by atoms with Crippen molar-refractivity contribution in [3.63, 3.8) is 0 Å². The van der Waals surface area contributed by atoms with Crippen LogP contribution in [0, 0.1) is 20.8 Å². The van der Waals surface area contributed by atoms with Crippen LogP contribution in [0.4, 0.5) is 5.82 Å². The fourth-order valence-corrected chi connectivity index (χ4v) is 3.69. The molecule has 4 rings (SSSR count). The SMILES string of the molecule is Cc1cccc(CN2CCN(c3cc(-n4nc(C)cc4C)ncn3)CC2)c1. The summed E-state index contributed by atoms with van der Waals surface area (Å²) in [6.07, 6.45) is 1.64. The molecule has 1 aliphatic rings. The zero-order valence-corrected chi connectivity index (χ0v) is 16.3. The zero-order chi connectivity index (χ0) is 18.8. The summed E-state index contributed by atoms with van der Waals surface area (Å²) in [5, 5.41) is 4.53. The predicted molar refractivity (Wildman–Crippen MR) is 107 cm³/mol. The van der Waals surface area contributed by atoms with Crippen molar-refractivity contribution < 1.29 is 0 Å². The van der Waals surface area contributed by atoms with E-state index in [4.69, 9.17) is 0 Å². The summed E-state index contributed by atoms with van der Waals surface area (Å²) in [7, 11) is 0. The molecule has 0 bridgehead atoms. The summed E-state index contributed by atoms with van der Waals surface area (Å²) < 4.78 is 1.88. The first-order valence-electron chi connectivity index (χ1n) is 9.47. The number of hydrogen-bond acceptors (Lipinski definition) is 5. The van der Waals surface area contributed by atoms with Crippen LogP contribution in [0.5, 0.6) is 0 Å². The second-order valence-electron chi connectivity index (χ2n) is 7.33. The second kappa shape index (κ2) is 7.48. The molecule has 0 spiro atoms. The van der Waals surface area contributed by atoms with Crippen LogP contribution in [-0.4, -0.2) is 50.8 Å². The number of rotatable bonds is 4. The van der Waals surface area contributed by atoms with Crippen LogP contribution >= 0.6 is 0 Å². The lowest BCUT2D eigenvalue weighted by atomic mass is 10.1. The van der Waals surface area contributed by atoms with Gasteiger partial charge in [0.15, 0.2) is 5.82 Å². The van der Waals surface area contributed by atoms with Crippen molar-refractivity contribution in [2.45, 2.75) is 27.3 Å². The molecule has 0 N–H and O–H groups in total. The van der Waals surface area contributed by atoms with Crippen LogP contribution in [0.2, 0.25) is 0 Å². The summed E-state index contributed by atoms with van der Waals surface area (Å²) in [5.74, 6) is 1.80. The molecular weight excluding hydrogens is 336 g/mol. The number of aryl methyl sites for hydroxylation is 3. The van der Waals surface area contributed by atoms with Gasteiger partial charge in [-0.2, -0.15) is 5.10 Å². The fourth-order valence-electron chi connectivity index (χ4n) is 3.69. The molecule has 0 aliphatic carbocycles. The Labute approximate surface area is 160 Å². The monoisotopic (exact) mass is 362 g/mol. The third kappa shape index (κ3) is 4.01. The number of piperazine rings is 1. The summed E-state index contributed by atoms with van der Waals surface area (Å²) in [6.45, 7) is 11.2. The maximum atomic E-state index is 4.53. The fraction of sp³-hybridized carbons (Fsp3) is 0.381. The molecule has 1 fully saturated rings. The molecule has 3 heterocycles. The number of benzene rings is 1. The van der Waals surface area contributed by atoms with E-state index in [-0.39, 0.29) is 0 Å². The van der Waals surface area contributed by atoms with E-state index in [1.807, 2.05) is 24.6 Å². The Morgan fingerprint density at radius 1 is 0.889 bits per heavy atom. The van der Waals surface area contributed by atoms with Gasteiger partial charge in [0.25, 0.3) is 0 Å². The number of nitrogens with zero attached hydrogens (tertiary/aromatic N) is 6. The number of aromatic nitrogens is 4. The van der Waals surface area contributed by atoms with Gasteiger partial charge in [0.05, 0.1) is 5.69 Å². The lowest BCUT2D eigenvalue weighted by molar-refractivity contribution is 0.249. The molecule has 0 atom stereocenters. The average molecular weight is 362 g/mol. The van der Waals surface area contributed by atoms with Gasteiger partial charge in [0.1, 0.15) is 12.1 Å². The van der Waals surface area contributed by atoms with E-state index in [1.54, 1.807) is 6.33 Å². The van der Waals surface area contributed by atoms with Crippen LogP contribution in [0.1, 0.15) is 22.5 Å². The molecule has 0 radical (unpaired) electrons. The van der Waals surface area contributed by atoms with E-state index in [2.05, 4.69) is 62.1 Å². The van der Waals surface area contributed by atoms with E-state index >= 15 is 0 Å². The molecule has 0 amide bonds. The van der Waals surface area contributed by atoms with E-state index in [1.165, 1.54) is 11.1 Å². The summed E-state index contributed by atoms with van der Waals surface area (Å²) in [6, 6.07) is 12.9. The normalized spacial score (nSPS) is 15.3. The van der Waals surface area contributed by atoms with Gasteiger partial charge in [-0.05, 0) is 32.4 Å². The lowest BCUT2D eigenvalue weighted by Gasteiger charge is -2.35. The Morgan fingerprint density at radius 3 is 2.37 bits per heavy atom. The van der Waals surface area contributed by atoms with Crippen molar-refractivity contribution in [3.8, 4) is 5.82 Å². The van der Waals surface area contributed by atoms with Crippen LogP contribution < -0.4 is 4.90 Å². The van der Waals surface area contributed by atoms with Crippen LogP contribution in [-0.2, 0) is 6.54 Å². The first-order chi connectivity index (χ1) is 13.1. The van der Waals surface area contributed by atoms with E-state index in [9.17, 15) is 0 Å². The molecule has 0 unspecified atom stereocenters. The Bertz CT molecular complexity index is 924. The first-order valence-corrected chi connectivity index (χ1v) is 9.47. The molecule has 6 heteroatoms. The Morgan fingerprint density at radius 2 is 1.67 bits per heavy atom. The van der Waals surface area contributed by atoms with Crippen molar-refractivity contribution in [3.05, 3.63) is 65.2 Å². The third-order valence-electron chi connectivity index (χ3n) is 5.05. The van der Waals surface area contributed by atoms with Crippen molar-refractivity contribution in [1.82, 2.24) is 24.6 Å². The van der Waals surface area contributed by atoms with Crippen molar-refractivity contribution in [1.29, 1.82) is 0 Å². The van der Waals surface area contributed by atoms with Gasteiger partial charge < -0.3 is 4.90 Å². The molecule has 2 aromatic heterocycles. The highest BCUT2D eigenvalue weighted by atomic mass is 15.3. The smallest absolute Gasteiger partial charge is 0.159 e. The van der Waals surface area contributed by atoms with Gasteiger partial charge in [-0.3, -0.25) is 4.90 Å². The molecule has 27 heavy (non-hydrogen) atoms. The molecule has 1 aromatic carbocycles. The average Bonchev–Trinajstić information content (AvgIpc) is 3.01. The van der Waals surface area contributed by atoms with Crippen LogP contribution in [0.3, 0.4) is 0 Å². The van der Waals surface area contributed by atoms with E-state index in [0.717, 1.165) is 55.7 Å². The predicted octanol–water partition coefficient (Wildman–Crippen LogP) is 2.91. The Hall–Kier alpha value is -2.73. The van der Waals surface area contributed by atoms with Gasteiger partial charge in [0, 0.05) is 44.5 Å². The Kier molecular flexibility index (Phi) is 4.90. The van der Waals surface area contributed by atoms with Gasteiger partial charge in [-0.15, -0.1) is 0 Å². The molecule has 6 nitrogen and oxygen atoms in total. The molecule has 3 aromatic rings. The Balaban J connectivity index is 1.42. The number of anilines is 1. The minimum atomic E-state index is 0.827. The van der Waals surface area contributed by atoms with Crippen molar-refractivity contribution >= 4 is 5.82 Å². The van der Waals surface area contributed by atoms with Crippen molar-refractivity contribution in [2.75, 3.05) is 31.1 Å². The quantitative estimate of drug-likeness (QED) is 0.714. The summed E-state index contributed by atoms with van der Waals surface area (Å²) in [5.41, 5.74) is 4.79. The zero-order valence-electron chi connectivity index (χ0n) is 16.3. The van der Waals surface area contributed by atoms with E-state index < -0.39 is 0 Å². The van der Waals surface area contributed by atoms with E-state index in [0.29, 0.717) is 0 Å². The lowest BCUT2D eigenvalue weighted by Crippen LogP contribution is -2.46. The minimum absolute atomic E-state index is 0.827. The van der Waals surface area contributed by atoms with Crippen LogP contribution in [0.25, 0.3) is 5.82 Å². The topological polar surface area (TPSA) is 50.1 Å². The second-order valence-corrected chi connectivity index (χ2v) is 7.33. The number of hydrogen-bond donors (Lipinski definition) is 0. The van der Waals surface area contributed by atoms with Gasteiger partial charge >= 0.3 is 0 Å². The van der Waals surface area contributed by atoms with Gasteiger partial charge in [0.2, 0.25) is 0 Å². The standard InChI is InChI=1S/C21H26N6/c1-16-5-4-6-19(11-16)14-25-7-9-26(10-8-25)20-13-21(23-15-22-20)27-18(3)12-17(2)24-27/h4-6,11-13,15H,7-10,14H2,1-3H3. The molecule has 1 saturated heterocycles. The van der Waals surface area contributed by atoms with Gasteiger partial charge in [-0.1, -0.05) is 29.8 Å². The molecule has 0 saturated carbocycles. The largest absolute Gasteiger partial charge is 0.354 e. The van der Waals surface area contributed by atoms with Gasteiger partial charge in [-0.25, -0.2) is 14.6 Å². The maximum absolute atomic E-state index is 4.53. The molecule has 1 aliphatic heterocycles. The first kappa shape index (κ1) is 17.7. The molecular formula is C21H26N6. The highest BCUT2D eigenvalue weighted by Gasteiger charge is 2.19. The molecule has 140 valence electrons. The highest BCUT2D eigenvalue weighted by Crippen LogP contribution is 2.18. The highest BCUT2D eigenvalue weighted by molar-refractivity contribution is 5.44. The summed E-state index contributed by atoms with van der Waals surface area (Å²) >= 11 is 0. The maximum Gasteiger partial charge on any atom is 0.159 e. The summed E-state index contributed by atoms with van der Waals surface area (Å²) in [4.78, 5) is 13.8. The minimum Gasteiger partial charge on any atom is -0.354 e. The van der Waals surface area contributed by atoms with Crippen molar-refractivity contribution in [2.24, 2.45) is 0 Å². The van der Waals surface area contributed by atoms with Crippen LogP contribution in [0.15, 0.2) is 42.7 Å². The third-order valence-corrected chi connectivity index (χ3v) is 5.05.